The van der Waals surface area contributed by atoms with Crippen LogP contribution in [-0.2, 0) is 16.1 Å². The van der Waals surface area contributed by atoms with Gasteiger partial charge in [-0.1, -0.05) is 23.9 Å². The maximum atomic E-state index is 13.8. The molecule has 2 aromatic rings. The lowest BCUT2D eigenvalue weighted by molar-refractivity contribution is -0.127. The molecule has 9 heteroatoms. The van der Waals surface area contributed by atoms with Crippen molar-refractivity contribution in [3.63, 3.8) is 0 Å². The van der Waals surface area contributed by atoms with Gasteiger partial charge in [-0.3, -0.25) is 9.36 Å². The molecule has 0 aliphatic heterocycles. The Morgan fingerprint density at radius 3 is 2.63 bits per heavy atom. The number of para-hydroxylation sites is 1. The zero-order valence-electron chi connectivity index (χ0n) is 16.2. The third kappa shape index (κ3) is 5.43. The summed E-state index contributed by atoms with van der Waals surface area (Å²) in [4.78, 5) is 13.7. The van der Waals surface area contributed by atoms with Crippen LogP contribution in [0.3, 0.4) is 0 Å². The maximum Gasteiger partial charge on any atom is 0.235 e. The van der Waals surface area contributed by atoms with Crippen LogP contribution in [0.15, 0.2) is 29.4 Å². The molecule has 1 heterocycles. The molecule has 0 fully saturated rings. The van der Waals surface area contributed by atoms with Crippen molar-refractivity contribution in [3.8, 4) is 5.75 Å². The second-order valence-electron chi connectivity index (χ2n) is 6.29. The first-order valence-electron chi connectivity index (χ1n) is 8.53. The topological polar surface area (TPSA) is 69.5 Å². The van der Waals surface area contributed by atoms with Gasteiger partial charge in [0.25, 0.3) is 0 Å². The number of nitrogens with zero attached hydrogens (tertiary/aromatic N) is 4. The third-order valence-corrected chi connectivity index (χ3v) is 4.89. The number of carbonyl (C=O) groups excluding carboxylic acids is 1. The molecule has 0 spiro atoms. The van der Waals surface area contributed by atoms with Gasteiger partial charge in [0, 0.05) is 21.2 Å². The molecular weight excluding hydrogens is 371 g/mol. The van der Waals surface area contributed by atoms with Gasteiger partial charge < -0.3 is 14.4 Å². The Morgan fingerprint density at radius 2 is 2.00 bits per heavy atom. The first kappa shape index (κ1) is 21.2. The fourth-order valence-electron chi connectivity index (χ4n) is 2.52. The molecule has 1 aromatic carbocycles. The molecule has 0 N–H and O–H groups in total. The van der Waals surface area contributed by atoms with Crippen LogP contribution in [0.2, 0.25) is 0 Å². The number of hydrogen-bond donors (Lipinski definition) is 0. The summed E-state index contributed by atoms with van der Waals surface area (Å²) in [6.07, 6.45) is 0. The first-order chi connectivity index (χ1) is 12.8. The van der Waals surface area contributed by atoms with Crippen molar-refractivity contribution in [3.05, 3.63) is 35.9 Å². The van der Waals surface area contributed by atoms with Crippen molar-refractivity contribution >= 4 is 17.7 Å². The summed E-state index contributed by atoms with van der Waals surface area (Å²) in [5.41, 5.74) is 0. The number of amides is 1. The lowest BCUT2D eigenvalue weighted by atomic mass is 10.3. The quantitative estimate of drug-likeness (QED) is 0.607. The number of carbonyl (C=O) groups is 1. The van der Waals surface area contributed by atoms with Crippen molar-refractivity contribution in [2.45, 2.75) is 36.9 Å². The summed E-state index contributed by atoms with van der Waals surface area (Å²) in [5.74, 6) is 0.234. The van der Waals surface area contributed by atoms with Crippen LogP contribution in [0.4, 0.5) is 4.39 Å². The van der Waals surface area contributed by atoms with E-state index in [9.17, 15) is 9.18 Å². The molecule has 0 saturated carbocycles. The Morgan fingerprint density at radius 1 is 1.30 bits per heavy atom. The number of rotatable bonds is 9. The van der Waals surface area contributed by atoms with Crippen molar-refractivity contribution in [1.82, 2.24) is 19.7 Å². The number of methoxy groups -OCH3 is 1. The molecule has 27 heavy (non-hydrogen) atoms. The van der Waals surface area contributed by atoms with E-state index in [1.807, 2.05) is 18.4 Å². The summed E-state index contributed by atoms with van der Waals surface area (Å²) in [6, 6.07) is 6.12. The SMILES string of the molecule is COCC(C)n1c(COc2ccccc2F)nnc1SC(C)C(=O)N(C)C. The van der Waals surface area contributed by atoms with Gasteiger partial charge >= 0.3 is 0 Å². The molecular formula is C18H25FN4O3S. The fourth-order valence-corrected chi connectivity index (χ4v) is 3.64. The lowest BCUT2D eigenvalue weighted by Gasteiger charge is -2.20. The van der Waals surface area contributed by atoms with E-state index in [0.29, 0.717) is 17.6 Å². The Balaban J connectivity index is 2.22. The minimum atomic E-state index is -0.437. The number of halogens is 1. The van der Waals surface area contributed by atoms with E-state index in [-0.39, 0.29) is 29.6 Å². The zero-order valence-corrected chi connectivity index (χ0v) is 17.0. The second kappa shape index (κ2) is 9.70. The average molecular weight is 396 g/mol. The number of ether oxygens (including phenoxy) is 2. The number of thioether (sulfide) groups is 1. The van der Waals surface area contributed by atoms with E-state index in [4.69, 9.17) is 9.47 Å². The summed E-state index contributed by atoms with van der Waals surface area (Å²) in [6.45, 7) is 4.28. The highest BCUT2D eigenvalue weighted by atomic mass is 32.2. The first-order valence-corrected chi connectivity index (χ1v) is 9.41. The van der Waals surface area contributed by atoms with Crippen LogP contribution in [0, 0.1) is 5.82 Å². The van der Waals surface area contributed by atoms with Crippen LogP contribution in [0.25, 0.3) is 0 Å². The lowest BCUT2D eigenvalue weighted by Crippen LogP contribution is -2.30. The van der Waals surface area contributed by atoms with E-state index in [0.717, 1.165) is 0 Å². The molecule has 1 aromatic heterocycles. The molecule has 0 bridgehead atoms. The van der Waals surface area contributed by atoms with E-state index >= 15 is 0 Å². The monoisotopic (exact) mass is 396 g/mol. The van der Waals surface area contributed by atoms with Crippen LogP contribution in [0.1, 0.15) is 25.7 Å². The van der Waals surface area contributed by atoms with Crippen LogP contribution in [0.5, 0.6) is 5.75 Å². The van der Waals surface area contributed by atoms with E-state index < -0.39 is 5.82 Å². The molecule has 148 valence electrons. The van der Waals surface area contributed by atoms with Gasteiger partial charge in [-0.15, -0.1) is 10.2 Å². The largest absolute Gasteiger partial charge is 0.483 e. The molecule has 0 aliphatic rings. The van der Waals surface area contributed by atoms with Gasteiger partial charge in [0.1, 0.15) is 6.61 Å². The summed E-state index contributed by atoms with van der Waals surface area (Å²) in [5, 5.41) is 8.67. The predicted octanol–water partition coefficient (Wildman–Crippen LogP) is 2.77. The number of aromatic nitrogens is 3. The van der Waals surface area contributed by atoms with Crippen LogP contribution in [-0.4, -0.2) is 58.6 Å². The molecule has 0 aliphatic carbocycles. The zero-order chi connectivity index (χ0) is 20.0. The Hall–Kier alpha value is -2.13. The van der Waals surface area contributed by atoms with E-state index in [2.05, 4.69) is 10.2 Å². The smallest absolute Gasteiger partial charge is 0.235 e. The summed E-state index contributed by atoms with van der Waals surface area (Å²) >= 11 is 1.32. The third-order valence-electron chi connectivity index (χ3n) is 3.85. The molecule has 2 unspecified atom stereocenters. The predicted molar refractivity (Wildman–Crippen MR) is 101 cm³/mol. The number of hydrogen-bond acceptors (Lipinski definition) is 6. The molecule has 0 saturated heterocycles. The standard InChI is InChI=1S/C18H25FN4O3S/c1-12(10-25-5)23-16(11-26-15-9-7-6-8-14(15)19)20-21-18(23)27-13(2)17(24)22(3)4/h6-9,12-13H,10-11H2,1-5H3. The summed E-state index contributed by atoms with van der Waals surface area (Å²) in [7, 11) is 5.04. The molecule has 0 radical (unpaired) electrons. The normalized spacial score (nSPS) is 13.3. The van der Waals surface area contributed by atoms with Crippen molar-refractivity contribution in [1.29, 1.82) is 0 Å². The minimum Gasteiger partial charge on any atom is -0.483 e. The highest BCUT2D eigenvalue weighted by Crippen LogP contribution is 2.27. The Labute approximate surface area is 162 Å². The van der Waals surface area contributed by atoms with Gasteiger partial charge in [0.15, 0.2) is 22.5 Å². The number of benzene rings is 1. The summed E-state index contributed by atoms with van der Waals surface area (Å²) < 4.78 is 26.5. The molecule has 1 amide bonds. The van der Waals surface area contributed by atoms with Gasteiger partial charge in [0.05, 0.1) is 17.9 Å². The molecule has 7 nitrogen and oxygen atoms in total. The fraction of sp³-hybridized carbons (Fsp3) is 0.500. The maximum absolute atomic E-state index is 13.8. The highest BCUT2D eigenvalue weighted by Gasteiger charge is 2.24. The van der Waals surface area contributed by atoms with Crippen molar-refractivity contribution in [2.75, 3.05) is 27.8 Å². The molecule has 2 rings (SSSR count). The highest BCUT2D eigenvalue weighted by molar-refractivity contribution is 8.00. The van der Waals surface area contributed by atoms with E-state index in [1.54, 1.807) is 44.3 Å². The second-order valence-corrected chi connectivity index (χ2v) is 7.59. The minimum absolute atomic E-state index is 0.0156. The van der Waals surface area contributed by atoms with Gasteiger partial charge in [-0.2, -0.15) is 0 Å². The average Bonchev–Trinajstić information content (AvgIpc) is 3.03. The van der Waals surface area contributed by atoms with Crippen LogP contribution < -0.4 is 4.74 Å². The van der Waals surface area contributed by atoms with Crippen molar-refractivity contribution in [2.24, 2.45) is 0 Å². The Bertz CT molecular complexity index is 769. The van der Waals surface area contributed by atoms with Gasteiger partial charge in [-0.25, -0.2) is 4.39 Å². The van der Waals surface area contributed by atoms with Crippen LogP contribution >= 0.6 is 11.8 Å². The van der Waals surface area contributed by atoms with Crippen molar-refractivity contribution < 1.29 is 18.7 Å². The van der Waals surface area contributed by atoms with Gasteiger partial charge in [-0.05, 0) is 26.0 Å². The van der Waals surface area contributed by atoms with Gasteiger partial charge in [0.2, 0.25) is 5.91 Å². The molecule has 2 atom stereocenters. The van der Waals surface area contributed by atoms with E-state index in [1.165, 1.54) is 17.8 Å². The Kier molecular flexibility index (Phi) is 7.61.